The first-order valence-electron chi connectivity index (χ1n) is 12.9. The largest absolute Gasteiger partial charge is 0.368 e. The van der Waals surface area contributed by atoms with Gasteiger partial charge in [-0.15, -0.1) is 0 Å². The van der Waals surface area contributed by atoms with Crippen LogP contribution in [-0.2, 0) is 19.2 Å². The predicted molar refractivity (Wildman–Crippen MR) is 136 cm³/mol. The minimum absolute atomic E-state index is 0.0326. The normalized spacial score (nSPS) is 23.3. The highest BCUT2D eigenvalue weighted by atomic mass is 16.2. The van der Waals surface area contributed by atoms with Gasteiger partial charge in [0.1, 0.15) is 12.1 Å². The molecule has 0 aromatic carbocycles. The van der Waals surface area contributed by atoms with Crippen molar-refractivity contribution >= 4 is 23.6 Å². The molecule has 1 unspecified atom stereocenters. The number of nitrogens with one attached hydrogen (secondary N) is 1. The quantitative estimate of drug-likeness (QED) is 0.475. The van der Waals surface area contributed by atoms with Crippen LogP contribution < -0.4 is 11.1 Å². The van der Waals surface area contributed by atoms with Gasteiger partial charge in [-0.25, -0.2) is 0 Å². The van der Waals surface area contributed by atoms with Crippen LogP contribution in [0.2, 0.25) is 0 Å². The van der Waals surface area contributed by atoms with Crippen LogP contribution in [0.1, 0.15) is 66.7 Å². The highest BCUT2D eigenvalue weighted by molar-refractivity contribution is 5.97. The maximum absolute atomic E-state index is 13.6. The molecule has 0 spiro atoms. The molecular formula is C26H45N5O4. The van der Waals surface area contributed by atoms with Gasteiger partial charge < -0.3 is 20.9 Å². The molecule has 9 heteroatoms. The number of likely N-dealkylation sites (N-methyl/N-ethyl adjacent to an activating group) is 2. The second-order valence-corrected chi connectivity index (χ2v) is 10.8. The molecular weight excluding hydrogens is 446 g/mol. The Kier molecular flexibility index (Phi) is 10.3. The molecule has 0 aromatic rings. The molecule has 0 aliphatic carbocycles. The average Bonchev–Trinajstić information content (AvgIpc) is 3.29. The third-order valence-electron chi connectivity index (χ3n) is 7.38. The Labute approximate surface area is 210 Å². The smallest absolute Gasteiger partial charge is 0.249 e. The van der Waals surface area contributed by atoms with E-state index in [9.17, 15) is 19.2 Å². The van der Waals surface area contributed by atoms with Gasteiger partial charge in [0.25, 0.3) is 0 Å². The first-order chi connectivity index (χ1) is 16.4. The molecule has 0 bridgehead atoms. The van der Waals surface area contributed by atoms with Crippen LogP contribution in [0.3, 0.4) is 0 Å². The summed E-state index contributed by atoms with van der Waals surface area (Å²) in [5, 5.41) is 3.01. The molecule has 2 aliphatic rings. The summed E-state index contributed by atoms with van der Waals surface area (Å²) < 4.78 is 0. The predicted octanol–water partition coefficient (Wildman–Crippen LogP) is 1.52. The van der Waals surface area contributed by atoms with Crippen molar-refractivity contribution in [2.75, 3.05) is 27.2 Å². The van der Waals surface area contributed by atoms with Crippen LogP contribution in [0.5, 0.6) is 0 Å². The van der Waals surface area contributed by atoms with Crippen LogP contribution >= 0.6 is 0 Å². The van der Waals surface area contributed by atoms with E-state index in [1.54, 1.807) is 24.9 Å². The molecule has 2 heterocycles. The Hall–Kier alpha value is -2.42. The van der Waals surface area contributed by atoms with Crippen LogP contribution in [-0.4, -0.2) is 89.7 Å². The van der Waals surface area contributed by atoms with Crippen LogP contribution in [0.25, 0.3) is 0 Å². The first kappa shape index (κ1) is 28.8. The zero-order valence-corrected chi connectivity index (χ0v) is 22.5. The van der Waals surface area contributed by atoms with Gasteiger partial charge in [-0.05, 0) is 58.0 Å². The van der Waals surface area contributed by atoms with E-state index >= 15 is 0 Å². The number of piperidine rings is 1. The Morgan fingerprint density at radius 1 is 0.971 bits per heavy atom. The van der Waals surface area contributed by atoms with E-state index < -0.39 is 18.0 Å². The Balaban J connectivity index is 2.19. The third-order valence-corrected chi connectivity index (χ3v) is 7.38. The molecule has 0 radical (unpaired) electrons. The summed E-state index contributed by atoms with van der Waals surface area (Å²) in [6.45, 7) is 10.9. The van der Waals surface area contributed by atoms with E-state index in [2.05, 4.69) is 10.2 Å². The number of likely N-dealkylation sites (tertiary alicyclic amines) is 2. The summed E-state index contributed by atoms with van der Waals surface area (Å²) in [5.74, 6) is -1.07. The van der Waals surface area contributed by atoms with Crippen LogP contribution in [0, 0.1) is 11.8 Å². The van der Waals surface area contributed by atoms with Gasteiger partial charge in [-0.3, -0.25) is 24.1 Å². The highest BCUT2D eigenvalue weighted by Crippen LogP contribution is 2.22. The summed E-state index contributed by atoms with van der Waals surface area (Å²) in [4.78, 5) is 56.7. The van der Waals surface area contributed by atoms with Crippen molar-refractivity contribution in [2.45, 2.75) is 90.9 Å². The van der Waals surface area contributed by atoms with Crippen molar-refractivity contribution in [1.82, 2.24) is 20.0 Å². The van der Waals surface area contributed by atoms with Crippen LogP contribution in [0.15, 0.2) is 11.6 Å². The molecule has 35 heavy (non-hydrogen) atoms. The van der Waals surface area contributed by atoms with Gasteiger partial charge in [0.2, 0.25) is 23.6 Å². The minimum Gasteiger partial charge on any atom is -0.368 e. The summed E-state index contributed by atoms with van der Waals surface area (Å²) >= 11 is 0. The minimum atomic E-state index is -0.661. The standard InChI is InChI=1S/C26H45N5O4/c1-16(2)21(15-18(5)25(34)31-14-10-12-19(31)23(27)32)30(7)26(35)22(17(3)4)28-24(33)20-11-8-9-13-29(20)6/h15-17,19-22H,8-14H2,1-7H3,(H2,27,32)(H,28,33)/b18-15+/t19-,20?,21+,22-/m0/s1. The van der Waals surface area contributed by atoms with Gasteiger partial charge in [0.15, 0.2) is 0 Å². The zero-order valence-electron chi connectivity index (χ0n) is 22.5. The van der Waals surface area contributed by atoms with E-state index in [1.165, 1.54) is 4.90 Å². The van der Waals surface area contributed by atoms with Crippen molar-refractivity contribution in [2.24, 2.45) is 17.6 Å². The Bertz CT molecular complexity index is 825. The monoisotopic (exact) mass is 491 g/mol. The number of nitrogens with two attached hydrogens (primary N) is 1. The summed E-state index contributed by atoms with van der Waals surface area (Å²) in [6.07, 6.45) is 5.99. The molecule has 4 atom stereocenters. The summed E-state index contributed by atoms with van der Waals surface area (Å²) in [6, 6.07) is -1.81. The number of carbonyl (C=O) groups excluding carboxylic acids is 4. The molecule has 9 nitrogen and oxygen atoms in total. The number of carbonyl (C=O) groups is 4. The van der Waals surface area contributed by atoms with Gasteiger partial charge >= 0.3 is 0 Å². The van der Waals surface area contributed by atoms with Gasteiger partial charge in [0.05, 0.1) is 12.1 Å². The molecule has 2 rings (SSSR count). The fourth-order valence-corrected chi connectivity index (χ4v) is 5.15. The third kappa shape index (κ3) is 7.06. The lowest BCUT2D eigenvalue weighted by Gasteiger charge is -2.36. The maximum atomic E-state index is 13.6. The molecule has 2 fully saturated rings. The Morgan fingerprint density at radius 2 is 1.60 bits per heavy atom. The van der Waals surface area contributed by atoms with E-state index in [4.69, 9.17) is 5.73 Å². The van der Waals surface area contributed by atoms with Crippen LogP contribution in [0.4, 0.5) is 0 Å². The van der Waals surface area contributed by atoms with Crippen molar-refractivity contribution in [3.8, 4) is 0 Å². The topological polar surface area (TPSA) is 116 Å². The lowest BCUT2D eigenvalue weighted by Crippen LogP contribution is -2.57. The average molecular weight is 492 g/mol. The zero-order chi connectivity index (χ0) is 26.4. The van der Waals surface area contributed by atoms with Gasteiger partial charge in [-0.1, -0.05) is 40.2 Å². The second kappa shape index (κ2) is 12.5. The lowest BCUT2D eigenvalue weighted by atomic mass is 9.96. The Morgan fingerprint density at radius 3 is 2.14 bits per heavy atom. The van der Waals surface area contributed by atoms with E-state index in [0.29, 0.717) is 18.5 Å². The number of rotatable bonds is 9. The molecule has 4 amide bonds. The first-order valence-corrected chi connectivity index (χ1v) is 12.9. The molecule has 198 valence electrons. The van der Waals surface area contributed by atoms with E-state index in [0.717, 1.165) is 32.2 Å². The SMILES string of the molecule is C/C(=C\[C@H](C(C)C)N(C)C(=O)[C@@H](NC(=O)C1CCCCN1C)C(C)C)C(=O)N1CCC[C@H]1C(N)=O. The number of hydrogen-bond acceptors (Lipinski definition) is 5. The summed E-state index contributed by atoms with van der Waals surface area (Å²) in [5.41, 5.74) is 5.96. The van der Waals surface area contributed by atoms with Crippen molar-refractivity contribution in [3.63, 3.8) is 0 Å². The van der Waals surface area contributed by atoms with Crippen molar-refractivity contribution in [1.29, 1.82) is 0 Å². The highest BCUT2D eigenvalue weighted by Gasteiger charge is 2.36. The fraction of sp³-hybridized carbons (Fsp3) is 0.769. The molecule has 2 aliphatic heterocycles. The summed E-state index contributed by atoms with van der Waals surface area (Å²) in [7, 11) is 3.67. The molecule has 3 N–H and O–H groups in total. The van der Waals surface area contributed by atoms with Gasteiger partial charge in [0, 0.05) is 19.2 Å². The second-order valence-electron chi connectivity index (χ2n) is 10.8. The molecule has 0 saturated carbocycles. The number of nitrogens with zero attached hydrogens (tertiary/aromatic N) is 3. The lowest BCUT2D eigenvalue weighted by molar-refractivity contribution is -0.139. The fourth-order valence-electron chi connectivity index (χ4n) is 5.15. The van der Waals surface area contributed by atoms with E-state index in [-0.39, 0.29) is 41.6 Å². The number of primary amides is 1. The molecule has 2 saturated heterocycles. The van der Waals surface area contributed by atoms with E-state index in [1.807, 2.05) is 34.7 Å². The molecule has 0 aromatic heterocycles. The van der Waals surface area contributed by atoms with Crippen molar-refractivity contribution in [3.05, 3.63) is 11.6 Å². The number of hydrogen-bond donors (Lipinski definition) is 2. The maximum Gasteiger partial charge on any atom is 0.249 e. The number of amides is 4. The van der Waals surface area contributed by atoms with Crippen molar-refractivity contribution < 1.29 is 19.2 Å². The van der Waals surface area contributed by atoms with Gasteiger partial charge in [-0.2, -0.15) is 0 Å².